The molecule has 4 heterocycles. The molecule has 7 nitrogen and oxygen atoms in total. The average molecular weight is 420 g/mol. The van der Waals surface area contributed by atoms with E-state index in [1.54, 1.807) is 23.1 Å². The number of nitrogens with zero attached hydrogens (tertiary/aromatic N) is 4. The molecule has 0 bridgehead atoms. The van der Waals surface area contributed by atoms with Gasteiger partial charge in [0.1, 0.15) is 11.6 Å². The van der Waals surface area contributed by atoms with E-state index in [9.17, 15) is 13.6 Å². The number of hydrogen-bond donors (Lipinski definition) is 2. The second-order valence-electron chi connectivity index (χ2n) is 7.34. The first-order valence-electron chi connectivity index (χ1n) is 9.91. The van der Waals surface area contributed by atoms with Crippen molar-refractivity contribution in [2.45, 2.75) is 12.8 Å². The van der Waals surface area contributed by atoms with Gasteiger partial charge in [-0.05, 0) is 49.2 Å². The Kier molecular flexibility index (Phi) is 4.78. The fraction of sp³-hybridized carbons (Fsp3) is 0.182. The highest BCUT2D eigenvalue weighted by Crippen LogP contribution is 2.28. The molecule has 1 aromatic carbocycles. The summed E-state index contributed by atoms with van der Waals surface area (Å²) in [6, 6.07) is 9.05. The summed E-state index contributed by atoms with van der Waals surface area (Å²) < 4.78 is 28.6. The number of H-pyrrole nitrogens is 1. The maximum Gasteiger partial charge on any atom is 0.321 e. The van der Waals surface area contributed by atoms with Crippen LogP contribution in [0.2, 0.25) is 0 Å². The minimum atomic E-state index is -0.601. The van der Waals surface area contributed by atoms with E-state index in [2.05, 4.69) is 25.3 Å². The second kappa shape index (κ2) is 7.75. The number of aromatic nitrogens is 4. The Hall–Kier alpha value is -3.88. The number of carbonyl (C=O) groups excluding carboxylic acids is 1. The summed E-state index contributed by atoms with van der Waals surface area (Å²) in [5, 5.41) is 2.81. The Balaban J connectivity index is 1.47. The third-order valence-corrected chi connectivity index (χ3v) is 5.27. The topological polar surface area (TPSA) is 86.8 Å². The second-order valence-corrected chi connectivity index (χ2v) is 7.34. The molecule has 31 heavy (non-hydrogen) atoms. The summed E-state index contributed by atoms with van der Waals surface area (Å²) in [4.78, 5) is 29.4. The molecule has 9 heteroatoms. The molecule has 156 valence electrons. The van der Waals surface area contributed by atoms with Crippen molar-refractivity contribution < 1.29 is 13.6 Å². The number of imidazole rings is 1. The lowest BCUT2D eigenvalue weighted by molar-refractivity contribution is 0.222. The standard InChI is InChI=1S/C22H18F2N6O/c23-17-6-5-14(27-22(31)30-8-1-2-9-30)11-16(17)20-28-18-10-13(12-26-21(18)29-20)15-4-3-7-25-19(15)24/h3-7,10-12H,1-2,8-9H2,(H,27,31)(H,26,28,29). The molecule has 3 aromatic heterocycles. The average Bonchev–Trinajstić information content (AvgIpc) is 3.45. The molecule has 1 aliphatic rings. The third-order valence-electron chi connectivity index (χ3n) is 5.27. The number of nitrogens with one attached hydrogen (secondary N) is 2. The van der Waals surface area contributed by atoms with Crippen molar-refractivity contribution in [2.24, 2.45) is 0 Å². The van der Waals surface area contributed by atoms with Crippen LogP contribution in [0.3, 0.4) is 0 Å². The Morgan fingerprint density at radius 1 is 1.06 bits per heavy atom. The maximum absolute atomic E-state index is 14.6. The van der Waals surface area contributed by atoms with E-state index < -0.39 is 11.8 Å². The molecule has 4 aromatic rings. The van der Waals surface area contributed by atoms with Crippen LogP contribution in [0.25, 0.3) is 33.7 Å². The summed E-state index contributed by atoms with van der Waals surface area (Å²) >= 11 is 0. The van der Waals surface area contributed by atoms with Crippen LogP contribution in [0.1, 0.15) is 12.8 Å². The molecule has 5 rings (SSSR count). The first-order chi connectivity index (χ1) is 15.1. The molecule has 0 radical (unpaired) electrons. The molecule has 2 N–H and O–H groups in total. The first-order valence-corrected chi connectivity index (χ1v) is 9.91. The number of rotatable bonds is 3. The molecule has 1 fully saturated rings. The van der Waals surface area contributed by atoms with Gasteiger partial charge in [-0.2, -0.15) is 4.39 Å². The van der Waals surface area contributed by atoms with E-state index in [4.69, 9.17) is 0 Å². The number of fused-ring (bicyclic) bond motifs is 1. The zero-order valence-corrected chi connectivity index (χ0v) is 16.4. The number of aromatic amines is 1. The Bertz CT molecular complexity index is 1280. The normalized spacial score (nSPS) is 13.7. The number of urea groups is 1. The van der Waals surface area contributed by atoms with E-state index in [-0.39, 0.29) is 17.4 Å². The molecular formula is C22H18F2N6O. The van der Waals surface area contributed by atoms with E-state index in [1.807, 2.05) is 0 Å². The van der Waals surface area contributed by atoms with E-state index in [1.165, 1.54) is 30.6 Å². The predicted octanol–water partition coefficient (Wildman–Crippen LogP) is 4.59. The molecule has 0 saturated carbocycles. The SMILES string of the molecule is O=C(Nc1ccc(F)c(-c2nc3ncc(-c4cccnc4F)cc3[nH]2)c1)N1CCCC1. The van der Waals surface area contributed by atoms with Gasteiger partial charge in [-0.25, -0.2) is 24.1 Å². The molecular weight excluding hydrogens is 402 g/mol. The van der Waals surface area contributed by atoms with E-state index >= 15 is 0 Å². The predicted molar refractivity (Wildman–Crippen MR) is 112 cm³/mol. The summed E-state index contributed by atoms with van der Waals surface area (Å²) in [7, 11) is 0. The number of benzene rings is 1. The number of hydrogen-bond acceptors (Lipinski definition) is 4. The van der Waals surface area contributed by atoms with Gasteiger partial charge < -0.3 is 15.2 Å². The lowest BCUT2D eigenvalue weighted by atomic mass is 10.1. The van der Waals surface area contributed by atoms with Gasteiger partial charge in [0.25, 0.3) is 0 Å². The molecule has 2 amide bonds. The number of amides is 2. The molecule has 1 saturated heterocycles. The zero-order valence-electron chi connectivity index (χ0n) is 16.4. The highest BCUT2D eigenvalue weighted by atomic mass is 19.1. The van der Waals surface area contributed by atoms with Gasteiger partial charge in [0, 0.05) is 42.3 Å². The van der Waals surface area contributed by atoms with Crippen molar-refractivity contribution in [3.05, 3.63) is 60.6 Å². The van der Waals surface area contributed by atoms with Crippen LogP contribution in [0, 0.1) is 11.8 Å². The summed E-state index contributed by atoms with van der Waals surface area (Å²) in [6.45, 7) is 1.43. The molecule has 0 aliphatic carbocycles. The fourth-order valence-corrected chi connectivity index (χ4v) is 3.68. The number of likely N-dealkylation sites (tertiary alicyclic amines) is 1. The number of carbonyl (C=O) groups is 1. The number of anilines is 1. The molecule has 1 aliphatic heterocycles. The Morgan fingerprint density at radius 2 is 1.90 bits per heavy atom. The molecule has 0 atom stereocenters. The largest absolute Gasteiger partial charge is 0.336 e. The van der Waals surface area contributed by atoms with Crippen LogP contribution >= 0.6 is 0 Å². The highest BCUT2D eigenvalue weighted by Gasteiger charge is 2.19. The third kappa shape index (κ3) is 3.70. The van der Waals surface area contributed by atoms with Crippen LogP contribution in [0.4, 0.5) is 19.3 Å². The van der Waals surface area contributed by atoms with Crippen molar-refractivity contribution in [1.29, 1.82) is 0 Å². The van der Waals surface area contributed by atoms with Crippen LogP contribution in [0.5, 0.6) is 0 Å². The van der Waals surface area contributed by atoms with Gasteiger partial charge in [0.2, 0.25) is 5.95 Å². The van der Waals surface area contributed by atoms with Crippen molar-refractivity contribution in [3.8, 4) is 22.5 Å². The molecule has 0 spiro atoms. The summed E-state index contributed by atoms with van der Waals surface area (Å²) in [5.74, 6) is -0.825. The van der Waals surface area contributed by atoms with Crippen LogP contribution in [0.15, 0.2) is 48.8 Å². The fourth-order valence-electron chi connectivity index (χ4n) is 3.68. The van der Waals surface area contributed by atoms with Gasteiger partial charge in [0.15, 0.2) is 5.65 Å². The smallest absolute Gasteiger partial charge is 0.321 e. The van der Waals surface area contributed by atoms with Crippen LogP contribution in [-0.4, -0.2) is 44.0 Å². The van der Waals surface area contributed by atoms with E-state index in [0.29, 0.717) is 28.0 Å². The first kappa shape index (κ1) is 19.1. The monoisotopic (exact) mass is 420 g/mol. The lowest BCUT2D eigenvalue weighted by Gasteiger charge is -2.16. The lowest BCUT2D eigenvalue weighted by Crippen LogP contribution is -2.32. The quantitative estimate of drug-likeness (QED) is 0.475. The van der Waals surface area contributed by atoms with Gasteiger partial charge in [-0.15, -0.1) is 0 Å². The van der Waals surface area contributed by atoms with E-state index in [0.717, 1.165) is 25.9 Å². The van der Waals surface area contributed by atoms with Gasteiger partial charge in [0.05, 0.1) is 11.1 Å². The minimum absolute atomic E-state index is 0.200. The molecule has 0 unspecified atom stereocenters. The summed E-state index contributed by atoms with van der Waals surface area (Å²) in [6.07, 6.45) is 4.84. The van der Waals surface area contributed by atoms with Crippen LogP contribution < -0.4 is 5.32 Å². The Morgan fingerprint density at radius 3 is 2.71 bits per heavy atom. The Labute approximate surface area is 176 Å². The zero-order chi connectivity index (χ0) is 21.4. The van der Waals surface area contributed by atoms with Crippen molar-refractivity contribution in [1.82, 2.24) is 24.8 Å². The van der Waals surface area contributed by atoms with Crippen molar-refractivity contribution >= 4 is 22.9 Å². The number of pyridine rings is 2. The van der Waals surface area contributed by atoms with Crippen LogP contribution in [-0.2, 0) is 0 Å². The van der Waals surface area contributed by atoms with Gasteiger partial charge in [-0.3, -0.25) is 0 Å². The minimum Gasteiger partial charge on any atom is -0.336 e. The summed E-state index contributed by atoms with van der Waals surface area (Å²) in [5.41, 5.74) is 2.41. The van der Waals surface area contributed by atoms with Gasteiger partial charge in [-0.1, -0.05) is 0 Å². The highest BCUT2D eigenvalue weighted by molar-refractivity contribution is 5.90. The van der Waals surface area contributed by atoms with Gasteiger partial charge >= 0.3 is 6.03 Å². The number of halogens is 2. The van der Waals surface area contributed by atoms with Crippen molar-refractivity contribution in [3.63, 3.8) is 0 Å². The van der Waals surface area contributed by atoms with Crippen molar-refractivity contribution in [2.75, 3.05) is 18.4 Å². The maximum atomic E-state index is 14.6.